The highest BCUT2D eigenvalue weighted by atomic mass is 32.2. The number of nitrogens with zero attached hydrogens (tertiary/aromatic N) is 2. The number of aromatic nitrogens is 1. The van der Waals surface area contributed by atoms with Gasteiger partial charge in [-0.25, -0.2) is 0 Å². The molecule has 4 rings (SSSR count). The molecule has 1 aliphatic heterocycles. The van der Waals surface area contributed by atoms with Crippen LogP contribution in [-0.2, 0) is 17.8 Å². The third-order valence-corrected chi connectivity index (χ3v) is 5.80. The van der Waals surface area contributed by atoms with Crippen LogP contribution in [0.2, 0.25) is 0 Å². The Balaban J connectivity index is 1.44. The molecule has 1 unspecified atom stereocenters. The number of hydrogen-bond acceptors (Lipinski definition) is 6. The van der Waals surface area contributed by atoms with Crippen molar-refractivity contribution >= 4 is 28.8 Å². The SMILES string of the molecule is CN(Cc1cccc(-c2ccc(CC3SC(=O)NC3=O)cc2)c1)C(=O)c1ccno1. The molecule has 0 saturated carbocycles. The Labute approximate surface area is 177 Å². The zero-order chi connectivity index (χ0) is 21.1. The summed E-state index contributed by atoms with van der Waals surface area (Å²) < 4.78 is 4.93. The number of carbonyl (C=O) groups excluding carboxylic acids is 3. The first-order valence-electron chi connectivity index (χ1n) is 9.35. The summed E-state index contributed by atoms with van der Waals surface area (Å²) in [5.41, 5.74) is 4.05. The van der Waals surface area contributed by atoms with E-state index in [1.54, 1.807) is 18.0 Å². The van der Waals surface area contributed by atoms with Crippen LogP contribution in [-0.4, -0.2) is 39.4 Å². The van der Waals surface area contributed by atoms with Crippen molar-refractivity contribution in [1.29, 1.82) is 0 Å². The van der Waals surface area contributed by atoms with Gasteiger partial charge in [-0.05, 0) is 34.7 Å². The van der Waals surface area contributed by atoms with Crippen molar-refractivity contribution in [3.05, 3.63) is 77.7 Å². The van der Waals surface area contributed by atoms with Crippen LogP contribution < -0.4 is 5.32 Å². The molecule has 0 spiro atoms. The molecule has 1 aliphatic rings. The normalized spacial score (nSPS) is 15.8. The average Bonchev–Trinajstić information content (AvgIpc) is 3.38. The Bertz CT molecular complexity index is 1080. The maximum absolute atomic E-state index is 12.3. The van der Waals surface area contributed by atoms with E-state index < -0.39 is 0 Å². The first-order chi connectivity index (χ1) is 14.5. The van der Waals surface area contributed by atoms with Crippen LogP contribution in [0.5, 0.6) is 0 Å². The molecule has 1 aromatic heterocycles. The Morgan fingerprint density at radius 2 is 1.90 bits per heavy atom. The van der Waals surface area contributed by atoms with Crippen molar-refractivity contribution in [3.63, 3.8) is 0 Å². The molecule has 7 nitrogen and oxygen atoms in total. The van der Waals surface area contributed by atoms with Crippen molar-refractivity contribution in [2.75, 3.05) is 7.05 Å². The van der Waals surface area contributed by atoms with Crippen molar-refractivity contribution in [1.82, 2.24) is 15.4 Å². The van der Waals surface area contributed by atoms with Crippen LogP contribution in [0.1, 0.15) is 21.7 Å². The zero-order valence-electron chi connectivity index (χ0n) is 16.2. The van der Waals surface area contributed by atoms with Crippen molar-refractivity contribution < 1.29 is 18.9 Å². The smallest absolute Gasteiger partial charge is 0.292 e. The maximum Gasteiger partial charge on any atom is 0.292 e. The van der Waals surface area contributed by atoms with E-state index in [4.69, 9.17) is 4.52 Å². The van der Waals surface area contributed by atoms with Gasteiger partial charge in [-0.3, -0.25) is 19.7 Å². The molecule has 1 fully saturated rings. The first-order valence-corrected chi connectivity index (χ1v) is 10.2. The van der Waals surface area contributed by atoms with Gasteiger partial charge in [-0.15, -0.1) is 0 Å². The van der Waals surface area contributed by atoms with Gasteiger partial charge >= 0.3 is 0 Å². The highest BCUT2D eigenvalue weighted by molar-refractivity contribution is 8.15. The third-order valence-electron chi connectivity index (χ3n) is 4.82. The van der Waals surface area contributed by atoms with E-state index >= 15 is 0 Å². The van der Waals surface area contributed by atoms with E-state index in [-0.39, 0.29) is 28.1 Å². The Kier molecular flexibility index (Phi) is 5.67. The van der Waals surface area contributed by atoms with E-state index in [1.807, 2.05) is 48.5 Å². The summed E-state index contributed by atoms with van der Waals surface area (Å²) in [6, 6.07) is 17.4. The summed E-state index contributed by atoms with van der Waals surface area (Å²) in [5, 5.41) is 5.22. The molecular formula is C22H19N3O4S. The number of thioether (sulfide) groups is 1. The predicted octanol–water partition coefficient (Wildman–Crippen LogP) is 3.51. The second-order valence-corrected chi connectivity index (χ2v) is 8.20. The third kappa shape index (κ3) is 4.44. The minimum absolute atomic E-state index is 0.208. The molecule has 8 heteroatoms. The highest BCUT2D eigenvalue weighted by Gasteiger charge is 2.31. The van der Waals surface area contributed by atoms with Gasteiger partial charge in [0.15, 0.2) is 0 Å². The molecule has 152 valence electrons. The number of carbonyl (C=O) groups is 3. The summed E-state index contributed by atoms with van der Waals surface area (Å²) in [5.74, 6) is -0.250. The van der Waals surface area contributed by atoms with Gasteiger partial charge in [0.2, 0.25) is 11.7 Å². The fourth-order valence-corrected chi connectivity index (χ4v) is 4.14. The molecule has 1 N–H and O–H groups in total. The topological polar surface area (TPSA) is 92.5 Å². The number of amides is 3. The zero-order valence-corrected chi connectivity index (χ0v) is 17.0. The number of imide groups is 1. The lowest BCUT2D eigenvalue weighted by molar-refractivity contribution is -0.118. The summed E-state index contributed by atoms with van der Waals surface area (Å²) >= 11 is 1.04. The van der Waals surface area contributed by atoms with Gasteiger partial charge in [0.25, 0.3) is 11.1 Å². The predicted molar refractivity (Wildman–Crippen MR) is 113 cm³/mol. The molecule has 30 heavy (non-hydrogen) atoms. The first kappa shape index (κ1) is 19.9. The maximum atomic E-state index is 12.3. The van der Waals surface area contributed by atoms with E-state index in [0.29, 0.717) is 13.0 Å². The van der Waals surface area contributed by atoms with Gasteiger partial charge < -0.3 is 9.42 Å². The minimum atomic E-state index is -0.371. The molecule has 0 bridgehead atoms. The Hall–Kier alpha value is -3.39. The lowest BCUT2D eigenvalue weighted by Gasteiger charge is -2.16. The number of rotatable bonds is 6. The van der Waals surface area contributed by atoms with Gasteiger partial charge in [-0.2, -0.15) is 0 Å². The van der Waals surface area contributed by atoms with Crippen LogP contribution in [0, 0.1) is 0 Å². The van der Waals surface area contributed by atoms with Gasteiger partial charge in [0.05, 0.1) is 11.4 Å². The second kappa shape index (κ2) is 8.54. The largest absolute Gasteiger partial charge is 0.351 e. The van der Waals surface area contributed by atoms with Crippen LogP contribution >= 0.6 is 11.8 Å². The highest BCUT2D eigenvalue weighted by Crippen LogP contribution is 2.25. The standard InChI is InChI=1S/C22H19N3O4S/c1-25(21(27)18-9-10-23-29-18)13-15-3-2-4-17(11-15)16-7-5-14(6-8-16)12-19-20(26)24-22(28)30-19/h2-11,19H,12-13H2,1H3,(H,24,26,28). The fraction of sp³-hybridized carbons (Fsp3) is 0.182. The van der Waals surface area contributed by atoms with Crippen LogP contribution in [0.25, 0.3) is 11.1 Å². The molecule has 3 aromatic rings. The lowest BCUT2D eigenvalue weighted by atomic mass is 10.00. The Morgan fingerprint density at radius 1 is 1.10 bits per heavy atom. The number of hydrogen-bond donors (Lipinski definition) is 1. The second-order valence-electron chi connectivity index (χ2n) is 7.02. The van der Waals surface area contributed by atoms with Crippen LogP contribution in [0.15, 0.2) is 65.3 Å². The molecule has 3 amide bonds. The monoisotopic (exact) mass is 421 g/mol. The van der Waals surface area contributed by atoms with Crippen molar-refractivity contribution in [2.24, 2.45) is 0 Å². The van der Waals surface area contributed by atoms with Gasteiger partial charge in [0, 0.05) is 19.7 Å². The molecule has 2 aromatic carbocycles. The molecule has 1 saturated heterocycles. The minimum Gasteiger partial charge on any atom is -0.351 e. The summed E-state index contributed by atoms with van der Waals surface area (Å²) in [6.07, 6.45) is 1.96. The summed E-state index contributed by atoms with van der Waals surface area (Å²) in [4.78, 5) is 37.0. The average molecular weight is 421 g/mol. The van der Waals surface area contributed by atoms with E-state index in [1.165, 1.54) is 6.20 Å². The molecule has 1 atom stereocenters. The summed E-state index contributed by atoms with van der Waals surface area (Å²) in [6.45, 7) is 0.438. The lowest BCUT2D eigenvalue weighted by Crippen LogP contribution is -2.25. The quantitative estimate of drug-likeness (QED) is 0.655. The van der Waals surface area contributed by atoms with Gasteiger partial charge in [0.1, 0.15) is 0 Å². The van der Waals surface area contributed by atoms with Crippen LogP contribution in [0.4, 0.5) is 4.79 Å². The van der Waals surface area contributed by atoms with Crippen molar-refractivity contribution in [3.8, 4) is 11.1 Å². The molecule has 2 heterocycles. The van der Waals surface area contributed by atoms with Crippen LogP contribution in [0.3, 0.4) is 0 Å². The Morgan fingerprint density at radius 3 is 2.57 bits per heavy atom. The molecule has 0 radical (unpaired) electrons. The molecular weight excluding hydrogens is 402 g/mol. The summed E-state index contributed by atoms with van der Waals surface area (Å²) in [7, 11) is 1.72. The van der Waals surface area contributed by atoms with E-state index in [0.717, 1.165) is 34.0 Å². The number of nitrogens with one attached hydrogen (secondary N) is 1. The van der Waals surface area contributed by atoms with E-state index in [9.17, 15) is 14.4 Å². The fourth-order valence-electron chi connectivity index (χ4n) is 3.28. The van der Waals surface area contributed by atoms with Crippen molar-refractivity contribution in [2.45, 2.75) is 18.2 Å². The van der Waals surface area contributed by atoms with Gasteiger partial charge in [-0.1, -0.05) is 59.4 Å². The molecule has 0 aliphatic carbocycles. The van der Waals surface area contributed by atoms with E-state index in [2.05, 4.69) is 10.5 Å². The number of benzene rings is 2.